The molecule has 0 aromatic rings. The van der Waals surface area contributed by atoms with Crippen molar-refractivity contribution in [3.8, 4) is 0 Å². The second kappa shape index (κ2) is 3.48. The van der Waals surface area contributed by atoms with E-state index in [1.807, 2.05) is 0 Å². The molecule has 0 nitrogen and oxygen atoms in total. The van der Waals surface area contributed by atoms with E-state index < -0.39 is 0 Å². The van der Waals surface area contributed by atoms with Gasteiger partial charge in [-0.25, -0.2) is 0 Å². The summed E-state index contributed by atoms with van der Waals surface area (Å²) in [6.45, 7) is 4.76. The average Bonchev–Trinajstić information content (AvgIpc) is 2.52. The van der Waals surface area contributed by atoms with Gasteiger partial charge in [0.2, 0.25) is 0 Å². The minimum atomic E-state index is 0.514. The number of hydrogen-bond donors (Lipinski definition) is 0. The van der Waals surface area contributed by atoms with Crippen molar-refractivity contribution in [2.24, 2.45) is 17.3 Å². The van der Waals surface area contributed by atoms with Gasteiger partial charge in [-0.3, -0.25) is 0 Å². The number of rotatable bonds is 1. The first-order valence-electron chi connectivity index (χ1n) is 5.89. The second-order valence-corrected chi connectivity index (χ2v) is 5.39. The van der Waals surface area contributed by atoms with E-state index in [-0.39, 0.29) is 0 Å². The predicted molar refractivity (Wildman–Crippen MR) is 57.6 cm³/mol. The van der Waals surface area contributed by atoms with E-state index in [9.17, 15) is 0 Å². The van der Waals surface area contributed by atoms with Crippen LogP contribution in [0.5, 0.6) is 0 Å². The van der Waals surface area contributed by atoms with Crippen molar-refractivity contribution in [2.75, 3.05) is 0 Å². The normalized spacial score (nSPS) is 44.5. The fourth-order valence-corrected chi connectivity index (χ4v) is 3.11. The Hall–Kier alpha value is -0.260. The van der Waals surface area contributed by atoms with E-state index in [1.165, 1.54) is 38.5 Å². The first-order valence-corrected chi connectivity index (χ1v) is 5.89. The Kier molecular flexibility index (Phi) is 2.49. The maximum atomic E-state index is 2.50. The summed E-state index contributed by atoms with van der Waals surface area (Å²) in [5.41, 5.74) is 0.514. The quantitative estimate of drug-likeness (QED) is 0.529. The van der Waals surface area contributed by atoms with Gasteiger partial charge in [0, 0.05) is 0 Å². The molecule has 2 rings (SSSR count). The summed E-state index contributed by atoms with van der Waals surface area (Å²) >= 11 is 0. The first-order chi connectivity index (χ1) is 6.22. The molecule has 0 saturated heterocycles. The van der Waals surface area contributed by atoms with Crippen molar-refractivity contribution in [3.63, 3.8) is 0 Å². The topological polar surface area (TPSA) is 0 Å². The molecule has 2 aliphatic rings. The molecule has 1 saturated carbocycles. The molecule has 1 fully saturated rings. The molecule has 0 N–H and O–H groups in total. The minimum Gasteiger partial charge on any atom is -0.0877 e. The minimum absolute atomic E-state index is 0.514. The zero-order chi connectivity index (χ0) is 9.31. The summed E-state index contributed by atoms with van der Waals surface area (Å²) < 4.78 is 0. The summed E-state index contributed by atoms with van der Waals surface area (Å²) in [6.07, 6.45) is 13.6. The zero-order valence-electron chi connectivity index (χ0n) is 9.05. The largest absolute Gasteiger partial charge is 0.0877 e. The number of fused-ring (bicyclic) bond motifs is 2. The summed E-state index contributed by atoms with van der Waals surface area (Å²) in [7, 11) is 0. The van der Waals surface area contributed by atoms with Crippen LogP contribution in [0.2, 0.25) is 0 Å². The number of allylic oxidation sites excluding steroid dienone is 2. The van der Waals surface area contributed by atoms with Crippen LogP contribution in [-0.2, 0) is 0 Å². The highest BCUT2D eigenvalue weighted by Gasteiger charge is 2.31. The molecule has 0 aliphatic heterocycles. The summed E-state index contributed by atoms with van der Waals surface area (Å²) in [5.74, 6) is 2.07. The summed E-state index contributed by atoms with van der Waals surface area (Å²) in [6, 6.07) is 0. The van der Waals surface area contributed by atoms with Gasteiger partial charge in [-0.05, 0) is 49.4 Å². The second-order valence-electron chi connectivity index (χ2n) is 5.39. The van der Waals surface area contributed by atoms with E-state index in [0.29, 0.717) is 5.41 Å². The Morgan fingerprint density at radius 2 is 2.08 bits per heavy atom. The van der Waals surface area contributed by atoms with Crippen LogP contribution >= 0.6 is 0 Å². The highest BCUT2D eigenvalue weighted by atomic mass is 14.4. The van der Waals surface area contributed by atoms with Crippen LogP contribution in [0.15, 0.2) is 12.2 Å². The molecule has 0 heterocycles. The Morgan fingerprint density at radius 3 is 2.85 bits per heavy atom. The molecule has 3 unspecified atom stereocenters. The van der Waals surface area contributed by atoms with E-state index in [0.717, 1.165) is 11.8 Å². The smallest absolute Gasteiger partial charge is 0.0147 e. The lowest BCUT2D eigenvalue weighted by atomic mass is 9.76. The van der Waals surface area contributed by atoms with Crippen molar-refractivity contribution < 1.29 is 0 Å². The fraction of sp³-hybridized carbons (Fsp3) is 0.846. The van der Waals surface area contributed by atoms with E-state index >= 15 is 0 Å². The molecule has 0 radical (unpaired) electrons. The third-order valence-electron chi connectivity index (χ3n) is 4.20. The van der Waals surface area contributed by atoms with E-state index in [1.54, 1.807) is 0 Å². The summed E-state index contributed by atoms with van der Waals surface area (Å²) in [5, 5.41) is 0. The van der Waals surface area contributed by atoms with E-state index in [2.05, 4.69) is 26.0 Å². The first kappa shape index (κ1) is 9.30. The maximum Gasteiger partial charge on any atom is -0.0147 e. The molecular weight excluding hydrogens is 156 g/mol. The van der Waals surface area contributed by atoms with Crippen LogP contribution in [0.3, 0.4) is 0 Å². The Balaban J connectivity index is 2.12. The van der Waals surface area contributed by atoms with Gasteiger partial charge in [0.25, 0.3) is 0 Å². The monoisotopic (exact) mass is 178 g/mol. The van der Waals surface area contributed by atoms with Gasteiger partial charge in [-0.1, -0.05) is 32.4 Å². The standard InChI is InChI=1S/C13H22/c1-3-13(2)8-4-5-11-6-7-12(9-11)10-13/h4,8,11-12H,3,5-7,9-10H2,1-2H3. The van der Waals surface area contributed by atoms with Gasteiger partial charge in [0.1, 0.15) is 0 Å². The van der Waals surface area contributed by atoms with Crippen LogP contribution in [0.4, 0.5) is 0 Å². The van der Waals surface area contributed by atoms with Crippen molar-refractivity contribution >= 4 is 0 Å². The van der Waals surface area contributed by atoms with Crippen LogP contribution in [0.1, 0.15) is 52.4 Å². The van der Waals surface area contributed by atoms with Gasteiger partial charge >= 0.3 is 0 Å². The Bertz CT molecular complexity index is 204. The van der Waals surface area contributed by atoms with Crippen molar-refractivity contribution in [2.45, 2.75) is 52.4 Å². The molecule has 0 spiro atoms. The Morgan fingerprint density at radius 1 is 1.31 bits per heavy atom. The van der Waals surface area contributed by atoms with Crippen molar-refractivity contribution in [3.05, 3.63) is 12.2 Å². The van der Waals surface area contributed by atoms with Crippen molar-refractivity contribution in [1.82, 2.24) is 0 Å². The molecule has 74 valence electrons. The molecule has 2 aliphatic carbocycles. The predicted octanol–water partition coefficient (Wildman–Crippen LogP) is 4.17. The van der Waals surface area contributed by atoms with Crippen LogP contribution in [0, 0.1) is 17.3 Å². The third-order valence-corrected chi connectivity index (χ3v) is 4.20. The van der Waals surface area contributed by atoms with Gasteiger partial charge in [-0.15, -0.1) is 0 Å². The molecular formula is C13H22. The van der Waals surface area contributed by atoms with Gasteiger partial charge in [0.05, 0.1) is 0 Å². The highest BCUT2D eigenvalue weighted by molar-refractivity contribution is 5.02. The molecule has 0 heteroatoms. The molecule has 0 aromatic carbocycles. The lowest BCUT2D eigenvalue weighted by Crippen LogP contribution is -2.17. The van der Waals surface area contributed by atoms with Crippen molar-refractivity contribution in [1.29, 1.82) is 0 Å². The lowest BCUT2D eigenvalue weighted by Gasteiger charge is -2.29. The number of hydrogen-bond acceptors (Lipinski definition) is 0. The van der Waals surface area contributed by atoms with Crippen LogP contribution in [-0.4, -0.2) is 0 Å². The lowest BCUT2D eigenvalue weighted by molar-refractivity contribution is 0.287. The summed E-state index contributed by atoms with van der Waals surface area (Å²) in [4.78, 5) is 0. The molecule has 0 aromatic heterocycles. The average molecular weight is 178 g/mol. The fourth-order valence-electron chi connectivity index (χ4n) is 3.11. The van der Waals surface area contributed by atoms with Gasteiger partial charge in [-0.2, -0.15) is 0 Å². The van der Waals surface area contributed by atoms with Gasteiger partial charge < -0.3 is 0 Å². The SMILES string of the molecule is CCC1(C)C=CCC2CCC(C2)C1. The van der Waals surface area contributed by atoms with Crippen LogP contribution < -0.4 is 0 Å². The van der Waals surface area contributed by atoms with Crippen LogP contribution in [0.25, 0.3) is 0 Å². The molecule has 3 atom stereocenters. The third kappa shape index (κ3) is 1.98. The zero-order valence-corrected chi connectivity index (χ0v) is 9.05. The molecule has 13 heavy (non-hydrogen) atoms. The van der Waals surface area contributed by atoms with E-state index in [4.69, 9.17) is 0 Å². The maximum absolute atomic E-state index is 2.50. The Labute approximate surface area is 82.4 Å². The molecule has 0 amide bonds. The van der Waals surface area contributed by atoms with Gasteiger partial charge in [0.15, 0.2) is 0 Å². The highest BCUT2D eigenvalue weighted by Crippen LogP contribution is 2.44. The molecule has 2 bridgehead atoms.